The monoisotopic (exact) mass is 248 g/mol. The smallest absolute Gasteiger partial charge is 0.128 e. The van der Waals surface area contributed by atoms with Gasteiger partial charge in [-0.05, 0) is 52.4 Å². The van der Waals surface area contributed by atoms with E-state index >= 15 is 0 Å². The third-order valence-electron chi connectivity index (χ3n) is 3.69. The lowest BCUT2D eigenvalue weighted by Gasteiger charge is -2.28. The lowest BCUT2D eigenvalue weighted by atomic mass is 9.93. The largest absolute Gasteiger partial charge is 0.328 e. The molecule has 2 rings (SSSR count). The predicted molar refractivity (Wildman–Crippen MR) is 73.5 cm³/mol. The minimum absolute atomic E-state index is 0.223. The molecule has 1 fully saturated rings. The lowest BCUT2D eigenvalue weighted by molar-refractivity contribution is 0.253. The van der Waals surface area contributed by atoms with Gasteiger partial charge in [-0.15, -0.1) is 0 Å². The second-order valence-corrected chi connectivity index (χ2v) is 5.49. The first-order chi connectivity index (χ1) is 8.65. The standard InChI is InChI=1S/C14H24N4/c1-11(15)3-4-14-16-8-5-13(17-14)12-6-9-18(2)10-7-12/h5,8,11-12H,3-4,6-7,9-10,15H2,1-2H3. The van der Waals surface area contributed by atoms with E-state index in [2.05, 4.69) is 23.0 Å². The topological polar surface area (TPSA) is 55.0 Å². The van der Waals surface area contributed by atoms with Crippen molar-refractivity contribution in [2.45, 2.75) is 44.6 Å². The number of hydrogen-bond acceptors (Lipinski definition) is 4. The molecule has 4 nitrogen and oxygen atoms in total. The molecule has 0 bridgehead atoms. The van der Waals surface area contributed by atoms with Crippen LogP contribution in [0.4, 0.5) is 0 Å². The van der Waals surface area contributed by atoms with Gasteiger partial charge in [0.25, 0.3) is 0 Å². The molecule has 1 unspecified atom stereocenters. The first-order valence-corrected chi connectivity index (χ1v) is 6.91. The third-order valence-corrected chi connectivity index (χ3v) is 3.69. The number of aromatic nitrogens is 2. The Labute approximate surface area is 110 Å². The van der Waals surface area contributed by atoms with E-state index in [1.165, 1.54) is 31.6 Å². The molecule has 0 spiro atoms. The third kappa shape index (κ3) is 3.75. The Morgan fingerprint density at radius 3 is 2.83 bits per heavy atom. The minimum atomic E-state index is 0.223. The highest BCUT2D eigenvalue weighted by atomic mass is 15.1. The molecule has 0 saturated carbocycles. The second kappa shape index (κ2) is 6.25. The highest BCUT2D eigenvalue weighted by molar-refractivity contribution is 5.10. The Morgan fingerprint density at radius 1 is 1.44 bits per heavy atom. The van der Waals surface area contributed by atoms with Crippen LogP contribution in [0.5, 0.6) is 0 Å². The van der Waals surface area contributed by atoms with E-state index in [4.69, 9.17) is 10.7 Å². The summed E-state index contributed by atoms with van der Waals surface area (Å²) in [5.74, 6) is 1.56. The maximum absolute atomic E-state index is 5.78. The maximum Gasteiger partial charge on any atom is 0.128 e. The molecule has 1 aliphatic heterocycles. The van der Waals surface area contributed by atoms with Crippen LogP contribution in [0.25, 0.3) is 0 Å². The van der Waals surface area contributed by atoms with Gasteiger partial charge in [0.2, 0.25) is 0 Å². The van der Waals surface area contributed by atoms with Crippen LogP contribution in [0.3, 0.4) is 0 Å². The summed E-state index contributed by atoms with van der Waals surface area (Å²) in [6, 6.07) is 2.30. The molecule has 4 heteroatoms. The number of piperidine rings is 1. The molecule has 0 aromatic carbocycles. The molecule has 100 valence electrons. The summed E-state index contributed by atoms with van der Waals surface area (Å²) in [6.45, 7) is 4.37. The molecule has 2 heterocycles. The molecule has 1 aromatic heterocycles. The van der Waals surface area contributed by atoms with Crippen molar-refractivity contribution in [2.75, 3.05) is 20.1 Å². The molecule has 0 amide bonds. The van der Waals surface area contributed by atoms with E-state index in [9.17, 15) is 0 Å². The van der Waals surface area contributed by atoms with Crippen molar-refractivity contribution in [1.82, 2.24) is 14.9 Å². The van der Waals surface area contributed by atoms with Crippen molar-refractivity contribution in [2.24, 2.45) is 5.73 Å². The predicted octanol–water partition coefficient (Wildman–Crippen LogP) is 1.57. The molecule has 2 N–H and O–H groups in total. The highest BCUT2D eigenvalue weighted by Crippen LogP contribution is 2.25. The Balaban J connectivity index is 1.98. The fraction of sp³-hybridized carbons (Fsp3) is 0.714. The summed E-state index contributed by atoms with van der Waals surface area (Å²) in [6.07, 6.45) is 6.16. The van der Waals surface area contributed by atoms with Crippen molar-refractivity contribution in [3.05, 3.63) is 23.8 Å². The van der Waals surface area contributed by atoms with Crippen LogP contribution in [0, 0.1) is 0 Å². The number of aryl methyl sites for hydroxylation is 1. The van der Waals surface area contributed by atoms with Gasteiger partial charge in [0, 0.05) is 30.3 Å². The summed E-state index contributed by atoms with van der Waals surface area (Å²) in [5.41, 5.74) is 7.00. The zero-order chi connectivity index (χ0) is 13.0. The molecule has 0 aliphatic carbocycles. The molecule has 1 saturated heterocycles. The van der Waals surface area contributed by atoms with Gasteiger partial charge in [0.15, 0.2) is 0 Å². The molecule has 1 aromatic rings. The normalized spacial score (nSPS) is 19.9. The molecule has 0 radical (unpaired) electrons. The van der Waals surface area contributed by atoms with E-state index in [-0.39, 0.29) is 6.04 Å². The first kappa shape index (κ1) is 13.4. The number of rotatable bonds is 4. The van der Waals surface area contributed by atoms with E-state index in [0.717, 1.165) is 18.7 Å². The second-order valence-electron chi connectivity index (χ2n) is 5.49. The Morgan fingerprint density at radius 2 is 2.17 bits per heavy atom. The first-order valence-electron chi connectivity index (χ1n) is 6.91. The highest BCUT2D eigenvalue weighted by Gasteiger charge is 2.19. The van der Waals surface area contributed by atoms with Crippen LogP contribution in [-0.2, 0) is 6.42 Å². The zero-order valence-corrected chi connectivity index (χ0v) is 11.5. The van der Waals surface area contributed by atoms with Gasteiger partial charge >= 0.3 is 0 Å². The van der Waals surface area contributed by atoms with Crippen molar-refractivity contribution in [3.63, 3.8) is 0 Å². The summed E-state index contributed by atoms with van der Waals surface area (Å²) in [7, 11) is 2.18. The number of hydrogen-bond donors (Lipinski definition) is 1. The van der Waals surface area contributed by atoms with Crippen LogP contribution in [-0.4, -0.2) is 41.0 Å². The summed E-state index contributed by atoms with van der Waals surface area (Å²) >= 11 is 0. The minimum Gasteiger partial charge on any atom is -0.328 e. The van der Waals surface area contributed by atoms with Gasteiger partial charge in [0.05, 0.1) is 0 Å². The van der Waals surface area contributed by atoms with Crippen LogP contribution in [0.1, 0.15) is 43.6 Å². The van der Waals surface area contributed by atoms with Crippen LogP contribution in [0.2, 0.25) is 0 Å². The zero-order valence-electron chi connectivity index (χ0n) is 11.5. The average molecular weight is 248 g/mol. The van der Waals surface area contributed by atoms with Crippen molar-refractivity contribution in [3.8, 4) is 0 Å². The van der Waals surface area contributed by atoms with Crippen LogP contribution >= 0.6 is 0 Å². The number of nitrogens with two attached hydrogens (primary N) is 1. The van der Waals surface area contributed by atoms with Gasteiger partial charge in [-0.25, -0.2) is 9.97 Å². The quantitative estimate of drug-likeness (QED) is 0.878. The van der Waals surface area contributed by atoms with E-state index in [1.807, 2.05) is 13.1 Å². The van der Waals surface area contributed by atoms with Gasteiger partial charge in [-0.3, -0.25) is 0 Å². The summed E-state index contributed by atoms with van der Waals surface area (Å²) < 4.78 is 0. The maximum atomic E-state index is 5.78. The lowest BCUT2D eigenvalue weighted by Crippen LogP contribution is -2.29. The molecule has 1 aliphatic rings. The van der Waals surface area contributed by atoms with Crippen molar-refractivity contribution in [1.29, 1.82) is 0 Å². The fourth-order valence-corrected chi connectivity index (χ4v) is 2.42. The molecule has 18 heavy (non-hydrogen) atoms. The SMILES string of the molecule is CC(N)CCc1nccc(C2CCN(C)CC2)n1. The van der Waals surface area contributed by atoms with Gasteiger partial charge in [-0.1, -0.05) is 0 Å². The van der Waals surface area contributed by atoms with Crippen LogP contribution in [0.15, 0.2) is 12.3 Å². The van der Waals surface area contributed by atoms with Crippen molar-refractivity contribution < 1.29 is 0 Å². The van der Waals surface area contributed by atoms with Gasteiger partial charge in [-0.2, -0.15) is 0 Å². The average Bonchev–Trinajstić information content (AvgIpc) is 2.37. The van der Waals surface area contributed by atoms with E-state index in [0.29, 0.717) is 5.92 Å². The van der Waals surface area contributed by atoms with E-state index in [1.54, 1.807) is 0 Å². The molecular formula is C14H24N4. The number of likely N-dealkylation sites (tertiary alicyclic amines) is 1. The van der Waals surface area contributed by atoms with Gasteiger partial charge < -0.3 is 10.6 Å². The fourth-order valence-electron chi connectivity index (χ4n) is 2.42. The summed E-state index contributed by atoms with van der Waals surface area (Å²) in [4.78, 5) is 11.4. The molecule has 1 atom stereocenters. The van der Waals surface area contributed by atoms with E-state index < -0.39 is 0 Å². The summed E-state index contributed by atoms with van der Waals surface area (Å²) in [5, 5.41) is 0. The Kier molecular flexibility index (Phi) is 4.66. The Hall–Kier alpha value is -1.00. The van der Waals surface area contributed by atoms with Crippen LogP contribution < -0.4 is 5.73 Å². The molecular weight excluding hydrogens is 224 g/mol. The Bertz CT molecular complexity index is 370. The number of nitrogens with zero attached hydrogens (tertiary/aromatic N) is 3. The van der Waals surface area contributed by atoms with Gasteiger partial charge in [0.1, 0.15) is 5.82 Å². The van der Waals surface area contributed by atoms with Crippen molar-refractivity contribution >= 4 is 0 Å².